The molecule has 0 bridgehead atoms. The number of ether oxygens (including phenoxy) is 1. The third-order valence-electron chi connectivity index (χ3n) is 4.76. The van der Waals surface area contributed by atoms with E-state index in [9.17, 15) is 9.18 Å². The smallest absolute Gasteiger partial charge is 0.234 e. The fourth-order valence-corrected chi connectivity index (χ4v) is 3.74. The summed E-state index contributed by atoms with van der Waals surface area (Å²) < 4.78 is 20.8. The van der Waals surface area contributed by atoms with E-state index in [2.05, 4.69) is 22.1 Å². The van der Waals surface area contributed by atoms with Crippen LogP contribution in [0, 0.1) is 19.7 Å². The molecule has 1 aromatic heterocycles. The highest BCUT2D eigenvalue weighted by molar-refractivity contribution is 7.99. The van der Waals surface area contributed by atoms with E-state index in [4.69, 9.17) is 4.74 Å². The van der Waals surface area contributed by atoms with Gasteiger partial charge in [0, 0.05) is 12.2 Å². The Morgan fingerprint density at radius 3 is 2.71 bits per heavy atom. The van der Waals surface area contributed by atoms with E-state index in [1.807, 2.05) is 43.5 Å². The quantitative estimate of drug-likeness (QED) is 0.371. The molecular formula is C23H25FN4O2S. The second-order valence-electron chi connectivity index (χ2n) is 7.04. The van der Waals surface area contributed by atoms with Crippen molar-refractivity contribution in [2.24, 2.45) is 0 Å². The predicted octanol–water partition coefficient (Wildman–Crippen LogP) is 5.09. The Hall–Kier alpha value is -3.13. The van der Waals surface area contributed by atoms with Gasteiger partial charge in [-0.3, -0.25) is 9.36 Å². The first-order valence-corrected chi connectivity index (χ1v) is 10.8. The van der Waals surface area contributed by atoms with Crippen molar-refractivity contribution >= 4 is 23.4 Å². The standard InChI is InChI=1S/C23H25FN4O2S/c1-5-13-28-22(17(4)30-19-11-9-18(24)10-12-19)26-27-23(28)31-14-21(29)25-20-8-6-7-15(2)16(20)3/h5-12,17H,1,13-14H2,2-4H3,(H,25,29). The molecule has 3 aromatic rings. The molecular weight excluding hydrogens is 415 g/mol. The topological polar surface area (TPSA) is 69.0 Å². The fourth-order valence-electron chi connectivity index (χ4n) is 2.98. The molecule has 0 saturated carbocycles. The van der Waals surface area contributed by atoms with Gasteiger partial charge in [0.25, 0.3) is 0 Å². The first-order chi connectivity index (χ1) is 14.9. The molecule has 2 aromatic carbocycles. The number of aromatic nitrogens is 3. The van der Waals surface area contributed by atoms with E-state index < -0.39 is 6.10 Å². The number of aryl methyl sites for hydroxylation is 1. The minimum atomic E-state index is -0.420. The van der Waals surface area contributed by atoms with Gasteiger partial charge in [-0.2, -0.15) is 0 Å². The number of nitrogens with one attached hydrogen (secondary N) is 1. The van der Waals surface area contributed by atoms with Crippen molar-refractivity contribution in [3.63, 3.8) is 0 Å². The molecule has 1 N–H and O–H groups in total. The van der Waals surface area contributed by atoms with Gasteiger partial charge in [0.15, 0.2) is 17.1 Å². The Balaban J connectivity index is 1.68. The van der Waals surface area contributed by atoms with Crippen LogP contribution in [-0.2, 0) is 11.3 Å². The number of anilines is 1. The number of rotatable bonds is 9. The SMILES string of the molecule is C=CCn1c(SCC(=O)Nc2cccc(C)c2C)nnc1C(C)Oc1ccc(F)cc1. The van der Waals surface area contributed by atoms with Crippen LogP contribution in [0.5, 0.6) is 5.75 Å². The number of hydrogen-bond donors (Lipinski definition) is 1. The molecule has 1 atom stereocenters. The summed E-state index contributed by atoms with van der Waals surface area (Å²) in [4.78, 5) is 12.5. The van der Waals surface area contributed by atoms with Crippen molar-refractivity contribution in [1.82, 2.24) is 14.8 Å². The van der Waals surface area contributed by atoms with Crippen molar-refractivity contribution in [3.05, 3.63) is 77.9 Å². The highest BCUT2D eigenvalue weighted by Gasteiger charge is 2.20. The van der Waals surface area contributed by atoms with Gasteiger partial charge in [-0.25, -0.2) is 4.39 Å². The minimum Gasteiger partial charge on any atom is -0.483 e. The van der Waals surface area contributed by atoms with Crippen LogP contribution in [0.15, 0.2) is 60.3 Å². The van der Waals surface area contributed by atoms with Crippen LogP contribution >= 0.6 is 11.8 Å². The molecule has 0 saturated heterocycles. The zero-order valence-corrected chi connectivity index (χ0v) is 18.6. The summed E-state index contributed by atoms with van der Waals surface area (Å²) in [5.41, 5.74) is 2.97. The first-order valence-electron chi connectivity index (χ1n) is 9.84. The maximum absolute atomic E-state index is 13.1. The van der Waals surface area contributed by atoms with Gasteiger partial charge >= 0.3 is 0 Å². The lowest BCUT2D eigenvalue weighted by Crippen LogP contribution is -2.16. The van der Waals surface area contributed by atoms with Crippen LogP contribution in [0.2, 0.25) is 0 Å². The summed E-state index contributed by atoms with van der Waals surface area (Å²) in [5, 5.41) is 12.0. The third-order valence-corrected chi connectivity index (χ3v) is 5.73. The summed E-state index contributed by atoms with van der Waals surface area (Å²) >= 11 is 1.30. The predicted molar refractivity (Wildman–Crippen MR) is 121 cm³/mol. The molecule has 31 heavy (non-hydrogen) atoms. The fraction of sp³-hybridized carbons (Fsp3) is 0.261. The minimum absolute atomic E-state index is 0.121. The summed E-state index contributed by atoms with van der Waals surface area (Å²) in [6.07, 6.45) is 1.31. The molecule has 0 radical (unpaired) electrons. The van der Waals surface area contributed by atoms with Gasteiger partial charge in [-0.15, -0.1) is 16.8 Å². The van der Waals surface area contributed by atoms with Crippen LogP contribution in [0.3, 0.4) is 0 Å². The average Bonchev–Trinajstić information content (AvgIpc) is 3.14. The van der Waals surface area contributed by atoms with Crippen molar-refractivity contribution in [2.75, 3.05) is 11.1 Å². The molecule has 0 fully saturated rings. The van der Waals surface area contributed by atoms with Crippen molar-refractivity contribution in [1.29, 1.82) is 0 Å². The number of carbonyl (C=O) groups is 1. The molecule has 3 rings (SSSR count). The van der Waals surface area contributed by atoms with Crippen LogP contribution < -0.4 is 10.1 Å². The van der Waals surface area contributed by atoms with Crippen LogP contribution in [0.1, 0.15) is 30.0 Å². The lowest BCUT2D eigenvalue weighted by Gasteiger charge is -2.15. The summed E-state index contributed by atoms with van der Waals surface area (Å²) in [6, 6.07) is 11.6. The van der Waals surface area contributed by atoms with Crippen molar-refractivity contribution < 1.29 is 13.9 Å². The van der Waals surface area contributed by atoms with E-state index in [-0.39, 0.29) is 17.5 Å². The van der Waals surface area contributed by atoms with Crippen LogP contribution in [-0.4, -0.2) is 26.4 Å². The van der Waals surface area contributed by atoms with Gasteiger partial charge in [-0.05, 0) is 62.2 Å². The average molecular weight is 441 g/mol. The van der Waals surface area contributed by atoms with Gasteiger partial charge in [0.05, 0.1) is 5.75 Å². The molecule has 0 spiro atoms. The summed E-state index contributed by atoms with van der Waals surface area (Å²) in [5.74, 6) is 0.873. The second-order valence-corrected chi connectivity index (χ2v) is 7.98. The number of nitrogens with zero attached hydrogens (tertiary/aromatic N) is 3. The number of carbonyl (C=O) groups excluding carboxylic acids is 1. The Kier molecular flexibility index (Phi) is 7.46. The zero-order chi connectivity index (χ0) is 22.4. The lowest BCUT2D eigenvalue weighted by atomic mass is 10.1. The number of amides is 1. The van der Waals surface area contributed by atoms with Crippen molar-refractivity contribution in [3.8, 4) is 5.75 Å². The normalized spacial score (nSPS) is 11.7. The Morgan fingerprint density at radius 2 is 2.00 bits per heavy atom. The Labute approximate surface area is 185 Å². The van der Waals surface area contributed by atoms with Gasteiger partial charge < -0.3 is 10.1 Å². The maximum atomic E-state index is 13.1. The second kappa shape index (κ2) is 10.3. The van der Waals surface area contributed by atoms with E-state index in [1.54, 1.807) is 18.2 Å². The van der Waals surface area contributed by atoms with Crippen LogP contribution in [0.4, 0.5) is 10.1 Å². The molecule has 1 unspecified atom stereocenters. The van der Waals surface area contributed by atoms with Crippen molar-refractivity contribution in [2.45, 2.75) is 38.6 Å². The van der Waals surface area contributed by atoms with E-state index in [0.29, 0.717) is 23.3 Å². The molecule has 8 heteroatoms. The monoisotopic (exact) mass is 440 g/mol. The van der Waals surface area contributed by atoms with E-state index in [0.717, 1.165) is 16.8 Å². The largest absolute Gasteiger partial charge is 0.483 e. The van der Waals surface area contributed by atoms with Gasteiger partial charge in [-0.1, -0.05) is 30.0 Å². The number of halogens is 1. The van der Waals surface area contributed by atoms with E-state index >= 15 is 0 Å². The number of allylic oxidation sites excluding steroid dienone is 1. The Bertz CT molecular complexity index is 1070. The molecule has 1 heterocycles. The first kappa shape index (κ1) is 22.6. The van der Waals surface area contributed by atoms with Crippen LogP contribution in [0.25, 0.3) is 0 Å². The molecule has 0 aliphatic carbocycles. The molecule has 1 amide bonds. The lowest BCUT2D eigenvalue weighted by molar-refractivity contribution is -0.113. The van der Waals surface area contributed by atoms with Gasteiger partial charge in [0.1, 0.15) is 11.6 Å². The number of hydrogen-bond acceptors (Lipinski definition) is 5. The third kappa shape index (κ3) is 5.73. The highest BCUT2D eigenvalue weighted by Crippen LogP contribution is 2.25. The maximum Gasteiger partial charge on any atom is 0.234 e. The molecule has 162 valence electrons. The number of thioether (sulfide) groups is 1. The zero-order valence-electron chi connectivity index (χ0n) is 17.8. The molecule has 0 aliphatic heterocycles. The highest BCUT2D eigenvalue weighted by atomic mass is 32.2. The van der Waals surface area contributed by atoms with Gasteiger partial charge in [0.2, 0.25) is 5.91 Å². The molecule has 6 nitrogen and oxygen atoms in total. The summed E-state index contributed by atoms with van der Waals surface area (Å²) in [6.45, 7) is 10.1. The number of benzene rings is 2. The Morgan fingerprint density at radius 1 is 1.26 bits per heavy atom. The molecule has 0 aliphatic rings. The summed E-state index contributed by atoms with van der Waals surface area (Å²) in [7, 11) is 0. The van der Waals surface area contributed by atoms with E-state index in [1.165, 1.54) is 23.9 Å².